The number of amides is 1. The van der Waals surface area contributed by atoms with E-state index in [-0.39, 0.29) is 29.9 Å². The molecule has 33 heavy (non-hydrogen) atoms. The van der Waals surface area contributed by atoms with Crippen LogP contribution in [0.2, 0.25) is 0 Å². The van der Waals surface area contributed by atoms with E-state index < -0.39 is 0 Å². The third kappa shape index (κ3) is 8.87. The molecule has 2 aromatic rings. The fraction of sp³-hybridized carbons (Fsp3) is 0.462. The maximum atomic E-state index is 11.9. The van der Waals surface area contributed by atoms with Crippen molar-refractivity contribution >= 4 is 41.5 Å². The van der Waals surface area contributed by atoms with Crippen molar-refractivity contribution < 1.29 is 4.79 Å². The molecule has 1 aliphatic heterocycles. The number of halogens is 1. The lowest BCUT2D eigenvalue weighted by Crippen LogP contribution is -2.38. The molecular formula is C26H38IN5O. The van der Waals surface area contributed by atoms with Crippen LogP contribution >= 0.6 is 24.0 Å². The molecule has 0 bridgehead atoms. The van der Waals surface area contributed by atoms with Gasteiger partial charge in [-0.05, 0) is 49.9 Å². The average molecular weight is 564 g/mol. The zero-order valence-electron chi connectivity index (χ0n) is 19.9. The molecule has 0 atom stereocenters. The van der Waals surface area contributed by atoms with Gasteiger partial charge in [-0.15, -0.1) is 24.0 Å². The number of carbonyl (C=O) groups is 1. The van der Waals surface area contributed by atoms with Crippen LogP contribution in [0.15, 0.2) is 59.6 Å². The second kappa shape index (κ2) is 14.8. The molecule has 1 heterocycles. The number of aliphatic imine (C=N–C) groups is 1. The largest absolute Gasteiger partial charge is 0.372 e. The number of hydrogen-bond acceptors (Lipinski definition) is 3. The molecule has 180 valence electrons. The Kier molecular flexibility index (Phi) is 12.1. The molecule has 0 radical (unpaired) electrons. The van der Waals surface area contributed by atoms with Gasteiger partial charge < -0.3 is 20.4 Å². The minimum Gasteiger partial charge on any atom is -0.372 e. The van der Waals surface area contributed by atoms with E-state index in [1.165, 1.54) is 11.3 Å². The maximum Gasteiger partial charge on any atom is 0.222 e. The van der Waals surface area contributed by atoms with Gasteiger partial charge in [-0.3, -0.25) is 4.79 Å². The van der Waals surface area contributed by atoms with Gasteiger partial charge >= 0.3 is 0 Å². The van der Waals surface area contributed by atoms with E-state index in [1.54, 1.807) is 0 Å². The summed E-state index contributed by atoms with van der Waals surface area (Å²) in [5.41, 5.74) is 3.60. The number of benzene rings is 2. The predicted molar refractivity (Wildman–Crippen MR) is 148 cm³/mol. The number of likely N-dealkylation sites (tertiary alicyclic amines) is 1. The van der Waals surface area contributed by atoms with E-state index in [4.69, 9.17) is 4.99 Å². The third-order valence-electron chi connectivity index (χ3n) is 5.70. The summed E-state index contributed by atoms with van der Waals surface area (Å²) < 4.78 is 0. The number of anilines is 1. The highest BCUT2D eigenvalue weighted by Gasteiger charge is 2.19. The van der Waals surface area contributed by atoms with Crippen LogP contribution in [0.3, 0.4) is 0 Å². The standard InChI is InChI=1S/C26H37N5O.HI/c1-3-27-26(28-16-10-18-30(4-2)24-13-6-5-7-14-24)29-20-22-11-8-12-23(19-22)21-31-17-9-15-25(31)32;/h5-8,11-14,19H,3-4,9-10,15-18,20-21H2,1-2H3,(H2,27,28,29);1H. The zero-order valence-corrected chi connectivity index (χ0v) is 22.3. The van der Waals surface area contributed by atoms with Gasteiger partial charge in [0.1, 0.15) is 0 Å². The van der Waals surface area contributed by atoms with E-state index in [2.05, 4.69) is 84.0 Å². The Balaban J connectivity index is 0.00000385. The van der Waals surface area contributed by atoms with E-state index in [0.29, 0.717) is 19.5 Å². The van der Waals surface area contributed by atoms with Gasteiger partial charge in [0.15, 0.2) is 5.96 Å². The normalized spacial score (nSPS) is 13.6. The molecular weight excluding hydrogens is 525 g/mol. The first-order valence-corrected chi connectivity index (χ1v) is 11.9. The Hall–Kier alpha value is -2.29. The predicted octanol–water partition coefficient (Wildman–Crippen LogP) is 4.40. The summed E-state index contributed by atoms with van der Waals surface area (Å²) in [7, 11) is 0. The summed E-state index contributed by atoms with van der Waals surface area (Å²) in [6, 6.07) is 19.0. The van der Waals surface area contributed by atoms with Crippen molar-refractivity contribution in [3.63, 3.8) is 0 Å². The van der Waals surface area contributed by atoms with E-state index in [1.807, 2.05) is 4.90 Å². The molecule has 1 saturated heterocycles. The van der Waals surface area contributed by atoms with Crippen LogP contribution in [-0.2, 0) is 17.9 Å². The number of hydrogen-bond donors (Lipinski definition) is 2. The molecule has 2 aromatic carbocycles. The molecule has 2 N–H and O–H groups in total. The van der Waals surface area contributed by atoms with Crippen LogP contribution in [0.1, 0.15) is 44.2 Å². The first kappa shape index (κ1) is 27.0. The molecule has 1 fully saturated rings. The van der Waals surface area contributed by atoms with E-state index >= 15 is 0 Å². The van der Waals surface area contributed by atoms with Crippen molar-refractivity contribution in [1.29, 1.82) is 0 Å². The summed E-state index contributed by atoms with van der Waals surface area (Å²) in [6.07, 6.45) is 2.69. The highest BCUT2D eigenvalue weighted by atomic mass is 127. The van der Waals surface area contributed by atoms with Gasteiger partial charge in [-0.2, -0.15) is 0 Å². The highest BCUT2D eigenvalue weighted by molar-refractivity contribution is 14.0. The Morgan fingerprint density at radius 2 is 1.85 bits per heavy atom. The first-order chi connectivity index (χ1) is 15.7. The zero-order chi connectivity index (χ0) is 22.6. The number of carbonyl (C=O) groups excluding carboxylic acids is 1. The second-order valence-corrected chi connectivity index (χ2v) is 8.13. The van der Waals surface area contributed by atoms with Crippen LogP contribution in [-0.4, -0.2) is 49.5 Å². The van der Waals surface area contributed by atoms with Crippen LogP contribution in [0.25, 0.3) is 0 Å². The molecule has 3 rings (SSSR count). The van der Waals surface area contributed by atoms with Gasteiger partial charge in [0.05, 0.1) is 6.54 Å². The van der Waals surface area contributed by atoms with Crippen molar-refractivity contribution in [1.82, 2.24) is 15.5 Å². The molecule has 1 aliphatic rings. The molecule has 0 unspecified atom stereocenters. The van der Waals surface area contributed by atoms with Crippen molar-refractivity contribution in [3.05, 3.63) is 65.7 Å². The smallest absolute Gasteiger partial charge is 0.222 e. The summed E-state index contributed by atoms with van der Waals surface area (Å²) in [6.45, 7) is 10.2. The summed E-state index contributed by atoms with van der Waals surface area (Å²) >= 11 is 0. The average Bonchev–Trinajstić information content (AvgIpc) is 3.22. The Labute approximate surface area is 215 Å². The quantitative estimate of drug-likeness (QED) is 0.184. The fourth-order valence-corrected chi connectivity index (χ4v) is 4.02. The number of guanidine groups is 1. The fourth-order valence-electron chi connectivity index (χ4n) is 4.02. The van der Waals surface area contributed by atoms with E-state index in [0.717, 1.165) is 57.1 Å². The van der Waals surface area contributed by atoms with Crippen LogP contribution in [0.4, 0.5) is 5.69 Å². The number of nitrogens with zero attached hydrogens (tertiary/aromatic N) is 3. The molecule has 0 aromatic heterocycles. The minimum absolute atomic E-state index is 0. The van der Waals surface area contributed by atoms with Crippen molar-refractivity contribution in [2.75, 3.05) is 37.6 Å². The van der Waals surface area contributed by atoms with Crippen LogP contribution in [0, 0.1) is 0 Å². The molecule has 1 amide bonds. The minimum atomic E-state index is 0. The van der Waals surface area contributed by atoms with E-state index in [9.17, 15) is 4.79 Å². The van der Waals surface area contributed by atoms with Crippen molar-refractivity contribution in [2.24, 2.45) is 4.99 Å². The highest BCUT2D eigenvalue weighted by Crippen LogP contribution is 2.16. The summed E-state index contributed by atoms with van der Waals surface area (Å²) in [5.74, 6) is 1.11. The second-order valence-electron chi connectivity index (χ2n) is 8.13. The summed E-state index contributed by atoms with van der Waals surface area (Å²) in [4.78, 5) is 21.0. The van der Waals surface area contributed by atoms with Gasteiger partial charge in [0, 0.05) is 51.4 Å². The van der Waals surface area contributed by atoms with Gasteiger partial charge in [0.2, 0.25) is 5.91 Å². The molecule has 0 spiro atoms. The number of rotatable bonds is 11. The molecule has 6 nitrogen and oxygen atoms in total. The lowest BCUT2D eigenvalue weighted by atomic mass is 10.1. The van der Waals surface area contributed by atoms with Crippen molar-refractivity contribution in [2.45, 2.75) is 46.2 Å². The summed E-state index contributed by atoms with van der Waals surface area (Å²) in [5, 5.41) is 6.80. The Morgan fingerprint density at radius 3 is 2.55 bits per heavy atom. The van der Waals surface area contributed by atoms with Crippen molar-refractivity contribution in [3.8, 4) is 0 Å². The van der Waals surface area contributed by atoms with Gasteiger partial charge in [-0.1, -0.05) is 42.5 Å². The maximum absolute atomic E-state index is 11.9. The number of nitrogens with one attached hydrogen (secondary N) is 2. The van der Waals surface area contributed by atoms with Gasteiger partial charge in [0.25, 0.3) is 0 Å². The van der Waals surface area contributed by atoms with Crippen LogP contribution in [0.5, 0.6) is 0 Å². The Morgan fingerprint density at radius 1 is 1.06 bits per heavy atom. The molecule has 0 saturated carbocycles. The third-order valence-corrected chi connectivity index (χ3v) is 5.70. The lowest BCUT2D eigenvalue weighted by Gasteiger charge is -2.23. The number of para-hydroxylation sites is 1. The lowest BCUT2D eigenvalue weighted by molar-refractivity contribution is -0.128. The molecule has 0 aliphatic carbocycles. The molecule has 7 heteroatoms. The topological polar surface area (TPSA) is 60.0 Å². The monoisotopic (exact) mass is 563 g/mol. The SMILES string of the molecule is CCNC(=NCc1cccc(CN2CCCC2=O)c1)NCCCN(CC)c1ccccc1.I. The first-order valence-electron chi connectivity index (χ1n) is 11.9. The van der Waals surface area contributed by atoms with Gasteiger partial charge in [-0.25, -0.2) is 4.99 Å². The van der Waals surface area contributed by atoms with Crippen LogP contribution < -0.4 is 15.5 Å². The Bertz CT molecular complexity index is 874.